The van der Waals surface area contributed by atoms with E-state index in [9.17, 15) is 13.2 Å². The minimum absolute atomic E-state index is 0.0513. The molecule has 2 unspecified atom stereocenters. The van der Waals surface area contributed by atoms with E-state index in [1.165, 1.54) is 12.1 Å². The highest BCUT2D eigenvalue weighted by Crippen LogP contribution is 2.33. The van der Waals surface area contributed by atoms with Crippen molar-refractivity contribution in [3.63, 3.8) is 0 Å². The molecule has 0 fully saturated rings. The molecule has 1 aromatic carbocycles. The number of nitrogens with one attached hydrogen (secondary N) is 1. The van der Waals surface area contributed by atoms with Gasteiger partial charge in [0.25, 0.3) is 0 Å². The van der Waals surface area contributed by atoms with Crippen LogP contribution >= 0.6 is 0 Å². The molecule has 0 saturated carbocycles. The molecular weight excluding hydrogens is 275 g/mol. The van der Waals surface area contributed by atoms with Gasteiger partial charge in [0.1, 0.15) is 0 Å². The van der Waals surface area contributed by atoms with Crippen LogP contribution in [0.1, 0.15) is 57.7 Å². The van der Waals surface area contributed by atoms with Gasteiger partial charge in [-0.2, -0.15) is 13.2 Å². The Bertz CT molecular complexity index is 446. The molecule has 1 nitrogen and oxygen atoms in total. The lowest BCUT2D eigenvalue weighted by Crippen LogP contribution is -2.22. The third-order valence-electron chi connectivity index (χ3n) is 3.56. The predicted octanol–water partition coefficient (Wildman–Crippen LogP) is 5.43. The van der Waals surface area contributed by atoms with E-state index < -0.39 is 11.7 Å². The molecule has 0 heterocycles. The molecule has 4 heteroatoms. The van der Waals surface area contributed by atoms with Gasteiger partial charge >= 0.3 is 6.18 Å². The standard InChI is InChI=1S/C17H26F3N/c1-12(11-16(2,3)4)9-15(21-5)13-7-6-8-14(10-13)17(18,19)20/h6-8,10,12,15,21H,9,11H2,1-5H3. The Kier molecular flexibility index (Phi) is 5.85. The highest BCUT2D eigenvalue weighted by atomic mass is 19.4. The number of halogens is 3. The maximum atomic E-state index is 12.8. The molecule has 0 spiro atoms. The Morgan fingerprint density at radius 2 is 1.76 bits per heavy atom. The summed E-state index contributed by atoms with van der Waals surface area (Å²) in [6, 6.07) is 5.57. The zero-order valence-electron chi connectivity index (χ0n) is 13.5. The Morgan fingerprint density at radius 1 is 1.14 bits per heavy atom. The molecule has 0 aromatic heterocycles. The molecular formula is C17H26F3N. The first-order valence-electron chi connectivity index (χ1n) is 7.37. The van der Waals surface area contributed by atoms with Crippen LogP contribution < -0.4 is 5.32 Å². The monoisotopic (exact) mass is 301 g/mol. The highest BCUT2D eigenvalue weighted by Gasteiger charge is 2.31. The van der Waals surface area contributed by atoms with Crippen LogP contribution in [0.4, 0.5) is 13.2 Å². The molecule has 0 radical (unpaired) electrons. The topological polar surface area (TPSA) is 12.0 Å². The maximum Gasteiger partial charge on any atom is 0.416 e. The van der Waals surface area contributed by atoms with Gasteiger partial charge in [-0.3, -0.25) is 0 Å². The zero-order valence-corrected chi connectivity index (χ0v) is 13.5. The number of hydrogen-bond acceptors (Lipinski definition) is 1. The lowest BCUT2D eigenvalue weighted by atomic mass is 9.82. The average molecular weight is 301 g/mol. The first kappa shape index (κ1) is 18.0. The van der Waals surface area contributed by atoms with Crippen molar-refractivity contribution in [1.29, 1.82) is 0 Å². The van der Waals surface area contributed by atoms with Crippen molar-refractivity contribution < 1.29 is 13.2 Å². The number of alkyl halides is 3. The van der Waals surface area contributed by atoms with E-state index in [2.05, 4.69) is 33.0 Å². The molecule has 21 heavy (non-hydrogen) atoms. The van der Waals surface area contributed by atoms with Crippen LogP contribution in [0.2, 0.25) is 0 Å². The number of benzene rings is 1. The van der Waals surface area contributed by atoms with Crippen LogP contribution in [0.3, 0.4) is 0 Å². The van der Waals surface area contributed by atoms with Crippen molar-refractivity contribution in [3.8, 4) is 0 Å². The Balaban J connectivity index is 2.86. The number of rotatable bonds is 5. The molecule has 0 amide bonds. The summed E-state index contributed by atoms with van der Waals surface area (Å²) in [5.74, 6) is 0.442. The van der Waals surface area contributed by atoms with Crippen molar-refractivity contribution in [2.75, 3.05) is 7.05 Å². The van der Waals surface area contributed by atoms with Crippen LogP contribution in [0.25, 0.3) is 0 Å². The summed E-state index contributed by atoms with van der Waals surface area (Å²) in [7, 11) is 1.80. The lowest BCUT2D eigenvalue weighted by Gasteiger charge is -2.27. The summed E-state index contributed by atoms with van der Waals surface area (Å²) in [5.41, 5.74) is 0.350. The summed E-state index contributed by atoms with van der Waals surface area (Å²) in [6.45, 7) is 8.70. The molecule has 1 N–H and O–H groups in total. The van der Waals surface area contributed by atoms with Crippen molar-refractivity contribution in [1.82, 2.24) is 5.32 Å². The van der Waals surface area contributed by atoms with Crippen molar-refractivity contribution in [2.45, 2.75) is 52.8 Å². The van der Waals surface area contributed by atoms with Crippen molar-refractivity contribution in [2.24, 2.45) is 11.3 Å². The molecule has 120 valence electrons. The SMILES string of the molecule is CNC(CC(C)CC(C)(C)C)c1cccc(C(F)(F)F)c1. The second-order valence-corrected chi connectivity index (χ2v) is 7.07. The van der Waals surface area contributed by atoms with Gasteiger partial charge in [0, 0.05) is 6.04 Å². The van der Waals surface area contributed by atoms with Crippen LogP contribution in [-0.2, 0) is 6.18 Å². The molecule has 0 aliphatic rings. The van der Waals surface area contributed by atoms with E-state index in [0.717, 1.165) is 18.9 Å². The maximum absolute atomic E-state index is 12.8. The van der Waals surface area contributed by atoms with E-state index in [4.69, 9.17) is 0 Å². The third kappa shape index (κ3) is 6.08. The fourth-order valence-electron chi connectivity index (χ4n) is 2.88. The fraction of sp³-hybridized carbons (Fsp3) is 0.647. The molecule has 2 atom stereocenters. The van der Waals surface area contributed by atoms with Crippen LogP contribution in [-0.4, -0.2) is 7.05 Å². The van der Waals surface area contributed by atoms with E-state index in [0.29, 0.717) is 11.5 Å². The van der Waals surface area contributed by atoms with Crippen molar-refractivity contribution in [3.05, 3.63) is 35.4 Å². The van der Waals surface area contributed by atoms with Gasteiger partial charge in [-0.15, -0.1) is 0 Å². The van der Waals surface area contributed by atoms with Gasteiger partial charge in [-0.25, -0.2) is 0 Å². The minimum Gasteiger partial charge on any atom is -0.313 e. The normalized spacial score (nSPS) is 15.8. The van der Waals surface area contributed by atoms with E-state index in [1.807, 2.05) is 0 Å². The Morgan fingerprint density at radius 3 is 2.24 bits per heavy atom. The summed E-state index contributed by atoms with van der Waals surface area (Å²) < 4.78 is 38.4. The van der Waals surface area contributed by atoms with Gasteiger partial charge in [-0.05, 0) is 48.9 Å². The molecule has 0 saturated heterocycles. The first-order valence-corrected chi connectivity index (χ1v) is 7.37. The van der Waals surface area contributed by atoms with Gasteiger partial charge in [0.05, 0.1) is 5.56 Å². The summed E-state index contributed by atoms with van der Waals surface area (Å²) in [4.78, 5) is 0. The van der Waals surface area contributed by atoms with Gasteiger partial charge in [0.15, 0.2) is 0 Å². The highest BCUT2D eigenvalue weighted by molar-refractivity contribution is 5.28. The smallest absolute Gasteiger partial charge is 0.313 e. The lowest BCUT2D eigenvalue weighted by molar-refractivity contribution is -0.137. The summed E-state index contributed by atoms with van der Waals surface area (Å²) >= 11 is 0. The fourth-order valence-corrected chi connectivity index (χ4v) is 2.88. The van der Waals surface area contributed by atoms with Gasteiger partial charge in [0.2, 0.25) is 0 Å². The Labute approximate surface area is 125 Å². The second-order valence-electron chi connectivity index (χ2n) is 7.07. The largest absolute Gasteiger partial charge is 0.416 e. The summed E-state index contributed by atoms with van der Waals surface area (Å²) in [5, 5.41) is 3.15. The molecule has 0 aliphatic carbocycles. The van der Waals surface area contributed by atoms with Crippen LogP contribution in [0.15, 0.2) is 24.3 Å². The van der Waals surface area contributed by atoms with Gasteiger partial charge < -0.3 is 5.32 Å². The second kappa shape index (κ2) is 6.82. The quantitative estimate of drug-likeness (QED) is 0.765. The van der Waals surface area contributed by atoms with E-state index in [1.54, 1.807) is 13.1 Å². The molecule has 1 rings (SSSR count). The summed E-state index contributed by atoms with van der Waals surface area (Å²) in [6.07, 6.45) is -2.41. The van der Waals surface area contributed by atoms with E-state index in [-0.39, 0.29) is 11.5 Å². The number of hydrogen-bond donors (Lipinski definition) is 1. The average Bonchev–Trinajstić information content (AvgIpc) is 2.33. The third-order valence-corrected chi connectivity index (χ3v) is 3.56. The van der Waals surface area contributed by atoms with Crippen molar-refractivity contribution >= 4 is 0 Å². The van der Waals surface area contributed by atoms with Gasteiger partial charge in [-0.1, -0.05) is 39.8 Å². The van der Waals surface area contributed by atoms with Crippen LogP contribution in [0, 0.1) is 11.3 Å². The minimum atomic E-state index is -4.29. The van der Waals surface area contributed by atoms with Crippen LogP contribution in [0.5, 0.6) is 0 Å². The first-order chi connectivity index (χ1) is 9.53. The Hall–Kier alpha value is -1.03. The van der Waals surface area contributed by atoms with E-state index >= 15 is 0 Å². The molecule has 1 aromatic rings. The zero-order chi connectivity index (χ0) is 16.3. The molecule has 0 aliphatic heterocycles. The predicted molar refractivity (Wildman–Crippen MR) is 81.1 cm³/mol. The molecule has 0 bridgehead atoms.